The number of aromatic nitrogens is 2. The number of halogens is 1. The number of H-pyrrole nitrogens is 1. The summed E-state index contributed by atoms with van der Waals surface area (Å²) in [4.78, 5) is 18.9. The minimum atomic E-state index is -0.311. The van der Waals surface area contributed by atoms with Gasteiger partial charge in [0.05, 0.1) is 15.9 Å². The van der Waals surface area contributed by atoms with Crippen molar-refractivity contribution in [2.24, 2.45) is 0 Å². The number of phenols is 2. The van der Waals surface area contributed by atoms with Crippen LogP contribution >= 0.6 is 11.6 Å². The minimum absolute atomic E-state index is 0.0327. The van der Waals surface area contributed by atoms with Gasteiger partial charge in [-0.2, -0.15) is 0 Å². The zero-order valence-electron chi connectivity index (χ0n) is 10.1. The molecule has 3 aromatic rings. The van der Waals surface area contributed by atoms with Crippen molar-refractivity contribution in [3.8, 4) is 22.9 Å². The molecule has 2 aromatic carbocycles. The zero-order valence-corrected chi connectivity index (χ0v) is 10.8. The number of aromatic hydroxyl groups is 2. The van der Waals surface area contributed by atoms with Crippen molar-refractivity contribution in [2.75, 3.05) is 0 Å². The Morgan fingerprint density at radius 2 is 1.90 bits per heavy atom. The summed E-state index contributed by atoms with van der Waals surface area (Å²) in [5.74, 6) is 0.302. The lowest BCUT2D eigenvalue weighted by Gasteiger charge is -2.05. The monoisotopic (exact) mass is 288 g/mol. The summed E-state index contributed by atoms with van der Waals surface area (Å²) in [7, 11) is 0. The van der Waals surface area contributed by atoms with Gasteiger partial charge in [0.15, 0.2) is 0 Å². The van der Waals surface area contributed by atoms with E-state index >= 15 is 0 Å². The van der Waals surface area contributed by atoms with E-state index in [1.807, 2.05) is 0 Å². The number of fused-ring (bicyclic) bond motifs is 1. The molecule has 3 rings (SSSR count). The van der Waals surface area contributed by atoms with Crippen molar-refractivity contribution >= 4 is 22.5 Å². The van der Waals surface area contributed by atoms with Gasteiger partial charge in [0.1, 0.15) is 17.3 Å². The SMILES string of the molecule is O=c1[nH]c(-c2ccc(O)c(Cl)c2)nc2cc(O)ccc12. The van der Waals surface area contributed by atoms with E-state index in [1.54, 1.807) is 6.07 Å². The molecule has 5 nitrogen and oxygen atoms in total. The molecule has 20 heavy (non-hydrogen) atoms. The zero-order chi connectivity index (χ0) is 14.3. The van der Waals surface area contributed by atoms with Crippen LogP contribution in [0.15, 0.2) is 41.2 Å². The Morgan fingerprint density at radius 3 is 2.65 bits per heavy atom. The number of nitrogens with zero attached hydrogens (tertiary/aromatic N) is 1. The van der Waals surface area contributed by atoms with Gasteiger partial charge >= 0.3 is 0 Å². The number of hydrogen-bond donors (Lipinski definition) is 3. The first-order chi connectivity index (χ1) is 9.54. The fraction of sp³-hybridized carbons (Fsp3) is 0. The van der Waals surface area contributed by atoms with E-state index in [2.05, 4.69) is 9.97 Å². The number of hydrogen-bond acceptors (Lipinski definition) is 4. The molecule has 0 bridgehead atoms. The molecule has 0 aliphatic rings. The van der Waals surface area contributed by atoms with Crippen LogP contribution in [-0.4, -0.2) is 20.2 Å². The Labute approximate surface area is 118 Å². The van der Waals surface area contributed by atoms with Crippen molar-refractivity contribution in [3.63, 3.8) is 0 Å². The van der Waals surface area contributed by atoms with Crippen LogP contribution in [0.4, 0.5) is 0 Å². The average molecular weight is 289 g/mol. The maximum absolute atomic E-state index is 12.0. The lowest BCUT2D eigenvalue weighted by atomic mass is 10.2. The molecule has 100 valence electrons. The molecule has 0 spiro atoms. The van der Waals surface area contributed by atoms with Crippen LogP contribution < -0.4 is 5.56 Å². The van der Waals surface area contributed by atoms with Gasteiger partial charge in [-0.15, -0.1) is 0 Å². The van der Waals surface area contributed by atoms with E-state index in [0.717, 1.165) is 0 Å². The lowest BCUT2D eigenvalue weighted by molar-refractivity contribution is 0.475. The summed E-state index contributed by atoms with van der Waals surface area (Å²) in [5, 5.41) is 19.4. The van der Waals surface area contributed by atoms with Gasteiger partial charge < -0.3 is 15.2 Å². The molecule has 0 saturated heterocycles. The molecule has 1 heterocycles. The summed E-state index contributed by atoms with van der Waals surface area (Å²) in [5.41, 5.74) is 0.636. The molecule has 3 N–H and O–H groups in total. The molecular weight excluding hydrogens is 280 g/mol. The summed E-state index contributed by atoms with van der Waals surface area (Å²) < 4.78 is 0. The quantitative estimate of drug-likeness (QED) is 0.642. The van der Waals surface area contributed by atoms with Gasteiger partial charge in [0, 0.05) is 11.6 Å². The molecule has 0 aliphatic carbocycles. The molecule has 6 heteroatoms. The smallest absolute Gasteiger partial charge is 0.259 e. The summed E-state index contributed by atoms with van der Waals surface area (Å²) in [6.07, 6.45) is 0. The Morgan fingerprint density at radius 1 is 1.10 bits per heavy atom. The molecule has 0 atom stereocenters. The first kappa shape index (κ1) is 12.5. The highest BCUT2D eigenvalue weighted by Crippen LogP contribution is 2.28. The van der Waals surface area contributed by atoms with Crippen LogP contribution in [0.1, 0.15) is 0 Å². The van der Waals surface area contributed by atoms with E-state index in [4.69, 9.17) is 11.6 Å². The highest BCUT2D eigenvalue weighted by molar-refractivity contribution is 6.32. The summed E-state index contributed by atoms with van der Waals surface area (Å²) in [6.45, 7) is 0. The Hall–Kier alpha value is -2.53. The maximum Gasteiger partial charge on any atom is 0.259 e. The second-order valence-electron chi connectivity index (χ2n) is 4.28. The van der Waals surface area contributed by atoms with Crippen molar-refractivity contribution in [1.29, 1.82) is 0 Å². The van der Waals surface area contributed by atoms with E-state index in [9.17, 15) is 15.0 Å². The third kappa shape index (κ3) is 2.08. The van der Waals surface area contributed by atoms with Crippen LogP contribution in [-0.2, 0) is 0 Å². The highest BCUT2D eigenvalue weighted by atomic mass is 35.5. The number of benzene rings is 2. The lowest BCUT2D eigenvalue weighted by Crippen LogP contribution is -2.09. The van der Waals surface area contributed by atoms with Gasteiger partial charge in [-0.1, -0.05) is 11.6 Å². The fourth-order valence-electron chi connectivity index (χ4n) is 1.92. The van der Waals surface area contributed by atoms with Crippen molar-refractivity contribution < 1.29 is 10.2 Å². The van der Waals surface area contributed by atoms with Gasteiger partial charge in [-0.25, -0.2) is 4.98 Å². The van der Waals surface area contributed by atoms with Gasteiger partial charge in [-0.3, -0.25) is 4.79 Å². The van der Waals surface area contributed by atoms with Crippen LogP contribution in [0.5, 0.6) is 11.5 Å². The van der Waals surface area contributed by atoms with Crippen LogP contribution in [0.2, 0.25) is 5.02 Å². The number of aromatic amines is 1. The first-order valence-corrected chi connectivity index (χ1v) is 6.14. The highest BCUT2D eigenvalue weighted by Gasteiger charge is 2.08. The topological polar surface area (TPSA) is 86.2 Å². The molecule has 0 unspecified atom stereocenters. The molecule has 1 aromatic heterocycles. The van der Waals surface area contributed by atoms with Gasteiger partial charge in [-0.05, 0) is 30.3 Å². The van der Waals surface area contributed by atoms with E-state index in [-0.39, 0.29) is 22.1 Å². The van der Waals surface area contributed by atoms with Gasteiger partial charge in [0.2, 0.25) is 0 Å². The Balaban J connectivity index is 2.26. The van der Waals surface area contributed by atoms with Crippen LogP contribution in [0.3, 0.4) is 0 Å². The standard InChI is InChI=1S/C14H9ClN2O3/c15-10-5-7(1-4-12(10)19)13-16-11-6-8(18)2-3-9(11)14(20)17-13/h1-6,18-19H,(H,16,17,20). The molecular formula is C14H9ClN2O3. The first-order valence-electron chi connectivity index (χ1n) is 5.76. The number of rotatable bonds is 1. The van der Waals surface area contributed by atoms with Crippen molar-refractivity contribution in [2.45, 2.75) is 0 Å². The van der Waals surface area contributed by atoms with Crippen LogP contribution in [0, 0.1) is 0 Å². The maximum atomic E-state index is 12.0. The van der Waals surface area contributed by atoms with Crippen molar-refractivity contribution in [3.05, 3.63) is 51.8 Å². The normalized spacial score (nSPS) is 10.8. The largest absolute Gasteiger partial charge is 0.508 e. The van der Waals surface area contributed by atoms with E-state index < -0.39 is 0 Å². The number of phenolic OH excluding ortho intramolecular Hbond substituents is 2. The molecule has 0 amide bonds. The summed E-state index contributed by atoms with van der Waals surface area (Å²) >= 11 is 5.84. The second-order valence-corrected chi connectivity index (χ2v) is 4.69. The van der Waals surface area contributed by atoms with Gasteiger partial charge in [0.25, 0.3) is 5.56 Å². The van der Waals surface area contributed by atoms with Crippen molar-refractivity contribution in [1.82, 2.24) is 9.97 Å². The predicted molar refractivity (Wildman–Crippen MR) is 76.1 cm³/mol. The third-order valence-corrected chi connectivity index (χ3v) is 3.21. The second kappa shape index (κ2) is 4.54. The molecule has 0 aliphatic heterocycles. The predicted octanol–water partition coefficient (Wildman–Crippen LogP) is 2.65. The van der Waals surface area contributed by atoms with Crippen LogP contribution in [0.25, 0.3) is 22.3 Å². The van der Waals surface area contributed by atoms with E-state index in [0.29, 0.717) is 22.3 Å². The third-order valence-electron chi connectivity index (χ3n) is 2.91. The number of nitrogens with one attached hydrogen (secondary N) is 1. The minimum Gasteiger partial charge on any atom is -0.508 e. The molecule has 0 fully saturated rings. The Kier molecular flexibility index (Phi) is 2.84. The average Bonchev–Trinajstić information content (AvgIpc) is 2.41. The fourth-order valence-corrected chi connectivity index (χ4v) is 2.10. The molecule has 0 saturated carbocycles. The molecule has 0 radical (unpaired) electrons. The van der Waals surface area contributed by atoms with E-state index in [1.165, 1.54) is 30.3 Å². The Bertz CT molecular complexity index is 874. The summed E-state index contributed by atoms with van der Waals surface area (Å²) in [6, 6.07) is 8.86.